The van der Waals surface area contributed by atoms with Crippen molar-refractivity contribution in [3.05, 3.63) is 59.9 Å². The fraction of sp³-hybridized carbons (Fsp3) is 0.211. The highest BCUT2D eigenvalue weighted by Crippen LogP contribution is 2.06. The van der Waals surface area contributed by atoms with Gasteiger partial charge >= 0.3 is 0 Å². The Morgan fingerprint density at radius 2 is 1.96 bits per heavy atom. The number of aromatic nitrogens is 1. The van der Waals surface area contributed by atoms with E-state index in [0.29, 0.717) is 11.3 Å². The molecule has 1 aromatic heterocycles. The van der Waals surface area contributed by atoms with Crippen LogP contribution < -0.4 is 10.1 Å². The molecular formula is C19H19N3O3. The van der Waals surface area contributed by atoms with Crippen LogP contribution in [0.4, 0.5) is 0 Å². The van der Waals surface area contributed by atoms with Crippen LogP contribution >= 0.6 is 0 Å². The molecule has 0 aliphatic heterocycles. The van der Waals surface area contributed by atoms with Gasteiger partial charge in [0.25, 0.3) is 11.8 Å². The minimum Gasteiger partial charge on any atom is -0.482 e. The molecule has 0 spiro atoms. The summed E-state index contributed by atoms with van der Waals surface area (Å²) in [4.78, 5) is 28.8. The summed E-state index contributed by atoms with van der Waals surface area (Å²) in [6.45, 7) is 0.127. The third-order valence-electron chi connectivity index (χ3n) is 3.15. The van der Waals surface area contributed by atoms with E-state index in [9.17, 15) is 9.59 Å². The lowest BCUT2D eigenvalue weighted by Crippen LogP contribution is -2.29. The van der Waals surface area contributed by atoms with Crippen LogP contribution in [0.2, 0.25) is 0 Å². The Labute approximate surface area is 146 Å². The van der Waals surface area contributed by atoms with E-state index in [-0.39, 0.29) is 25.0 Å². The molecule has 0 saturated carbocycles. The van der Waals surface area contributed by atoms with E-state index in [4.69, 9.17) is 4.74 Å². The fourth-order valence-corrected chi connectivity index (χ4v) is 1.88. The summed E-state index contributed by atoms with van der Waals surface area (Å²) in [7, 11) is 3.41. The second-order valence-corrected chi connectivity index (χ2v) is 5.33. The molecule has 6 nitrogen and oxygen atoms in total. The number of benzene rings is 1. The quantitative estimate of drug-likeness (QED) is 0.836. The van der Waals surface area contributed by atoms with Crippen molar-refractivity contribution in [2.24, 2.45) is 0 Å². The average Bonchev–Trinajstić information content (AvgIpc) is 2.64. The van der Waals surface area contributed by atoms with Gasteiger partial charge < -0.3 is 15.0 Å². The average molecular weight is 337 g/mol. The molecule has 0 aliphatic carbocycles. The molecule has 0 aliphatic rings. The minimum absolute atomic E-state index is 0.0552. The standard InChI is InChI=1S/C19H19N3O3/c1-22(2)19(24)16-9-7-15(8-10-16)5-3-12-21-18(23)14-25-17-6-4-11-20-13-17/h4,6-11,13H,12,14H2,1-2H3,(H,21,23). The van der Waals surface area contributed by atoms with Crippen LogP contribution in [0.3, 0.4) is 0 Å². The summed E-state index contributed by atoms with van der Waals surface area (Å²) in [6.07, 6.45) is 3.17. The normalized spacial score (nSPS) is 9.52. The number of hydrogen-bond donors (Lipinski definition) is 1. The molecule has 0 unspecified atom stereocenters. The Hall–Kier alpha value is -3.33. The third-order valence-corrected chi connectivity index (χ3v) is 3.15. The van der Waals surface area contributed by atoms with Gasteiger partial charge in [-0.1, -0.05) is 11.8 Å². The first kappa shape index (κ1) is 18.0. The number of ether oxygens (including phenoxy) is 1. The summed E-state index contributed by atoms with van der Waals surface area (Å²) < 4.78 is 5.28. The topological polar surface area (TPSA) is 71.5 Å². The molecular weight excluding hydrogens is 318 g/mol. The number of pyridine rings is 1. The fourth-order valence-electron chi connectivity index (χ4n) is 1.88. The maximum Gasteiger partial charge on any atom is 0.258 e. The lowest BCUT2D eigenvalue weighted by atomic mass is 10.1. The molecule has 2 rings (SSSR count). The van der Waals surface area contributed by atoms with Gasteiger partial charge in [0.2, 0.25) is 0 Å². The van der Waals surface area contributed by atoms with Crippen molar-refractivity contribution in [1.82, 2.24) is 15.2 Å². The highest BCUT2D eigenvalue weighted by atomic mass is 16.5. The Morgan fingerprint density at radius 3 is 2.60 bits per heavy atom. The summed E-state index contributed by atoms with van der Waals surface area (Å²) in [5, 5.41) is 2.65. The van der Waals surface area contributed by atoms with Crippen molar-refractivity contribution in [1.29, 1.82) is 0 Å². The van der Waals surface area contributed by atoms with Crippen LogP contribution in [0.5, 0.6) is 5.75 Å². The maximum atomic E-state index is 11.8. The molecule has 0 atom stereocenters. The molecule has 0 bridgehead atoms. The largest absolute Gasteiger partial charge is 0.482 e. The van der Waals surface area contributed by atoms with Crippen molar-refractivity contribution in [2.45, 2.75) is 0 Å². The predicted molar refractivity (Wildman–Crippen MR) is 94.1 cm³/mol. The van der Waals surface area contributed by atoms with Gasteiger partial charge in [0, 0.05) is 31.4 Å². The number of rotatable bonds is 5. The van der Waals surface area contributed by atoms with Gasteiger partial charge in [-0.05, 0) is 36.4 Å². The van der Waals surface area contributed by atoms with Crippen LogP contribution in [0.25, 0.3) is 0 Å². The molecule has 0 fully saturated rings. The zero-order valence-corrected chi connectivity index (χ0v) is 14.2. The van der Waals surface area contributed by atoms with Crippen LogP contribution in [-0.2, 0) is 4.79 Å². The first-order valence-corrected chi connectivity index (χ1v) is 7.66. The van der Waals surface area contributed by atoms with Crippen molar-refractivity contribution < 1.29 is 14.3 Å². The van der Waals surface area contributed by atoms with Gasteiger partial charge in [-0.3, -0.25) is 14.6 Å². The Kier molecular flexibility index (Phi) is 6.55. The van der Waals surface area contributed by atoms with E-state index in [1.165, 1.54) is 11.1 Å². The summed E-state index contributed by atoms with van der Waals surface area (Å²) in [5.74, 6) is 6.01. The number of nitrogens with zero attached hydrogens (tertiary/aromatic N) is 2. The van der Waals surface area contributed by atoms with Gasteiger partial charge in [-0.15, -0.1) is 0 Å². The molecule has 1 heterocycles. The van der Waals surface area contributed by atoms with E-state index < -0.39 is 0 Å². The number of carbonyl (C=O) groups is 2. The number of nitrogens with one attached hydrogen (secondary N) is 1. The molecule has 0 saturated heterocycles. The SMILES string of the molecule is CN(C)C(=O)c1ccc(C#CCNC(=O)COc2cccnc2)cc1. The monoisotopic (exact) mass is 337 g/mol. The number of amides is 2. The van der Waals surface area contributed by atoms with Crippen molar-refractivity contribution in [3.63, 3.8) is 0 Å². The van der Waals surface area contributed by atoms with Gasteiger partial charge in [0.15, 0.2) is 6.61 Å². The van der Waals surface area contributed by atoms with Gasteiger partial charge in [0.05, 0.1) is 12.7 Å². The molecule has 6 heteroatoms. The smallest absolute Gasteiger partial charge is 0.258 e. The Balaban J connectivity index is 1.76. The summed E-state index contributed by atoms with van der Waals surface area (Å²) >= 11 is 0. The summed E-state index contributed by atoms with van der Waals surface area (Å²) in [5.41, 5.74) is 1.38. The minimum atomic E-state index is -0.259. The van der Waals surface area contributed by atoms with E-state index >= 15 is 0 Å². The lowest BCUT2D eigenvalue weighted by Gasteiger charge is -2.09. The maximum absolute atomic E-state index is 11.8. The van der Waals surface area contributed by atoms with Crippen molar-refractivity contribution in [2.75, 3.05) is 27.2 Å². The van der Waals surface area contributed by atoms with Gasteiger partial charge in [-0.2, -0.15) is 0 Å². The van der Waals surface area contributed by atoms with E-state index in [1.807, 2.05) is 0 Å². The van der Waals surface area contributed by atoms with E-state index in [2.05, 4.69) is 22.1 Å². The zero-order valence-electron chi connectivity index (χ0n) is 14.2. The first-order chi connectivity index (χ1) is 12.1. The number of hydrogen-bond acceptors (Lipinski definition) is 4. The van der Waals surface area contributed by atoms with E-state index in [0.717, 1.165) is 5.56 Å². The van der Waals surface area contributed by atoms with Crippen LogP contribution in [-0.4, -0.2) is 48.9 Å². The molecule has 0 radical (unpaired) electrons. The molecule has 1 N–H and O–H groups in total. The number of carbonyl (C=O) groups excluding carboxylic acids is 2. The zero-order chi connectivity index (χ0) is 18.1. The third kappa shape index (κ3) is 5.99. The van der Waals surface area contributed by atoms with Crippen molar-refractivity contribution >= 4 is 11.8 Å². The van der Waals surface area contributed by atoms with E-state index in [1.54, 1.807) is 56.7 Å². The van der Waals surface area contributed by atoms with Gasteiger partial charge in [0.1, 0.15) is 5.75 Å². The molecule has 128 valence electrons. The molecule has 25 heavy (non-hydrogen) atoms. The molecule has 2 amide bonds. The summed E-state index contributed by atoms with van der Waals surface area (Å²) in [6, 6.07) is 10.5. The highest BCUT2D eigenvalue weighted by Gasteiger charge is 2.06. The lowest BCUT2D eigenvalue weighted by molar-refractivity contribution is -0.122. The van der Waals surface area contributed by atoms with Crippen LogP contribution in [0, 0.1) is 11.8 Å². The molecule has 1 aromatic carbocycles. The van der Waals surface area contributed by atoms with Crippen molar-refractivity contribution in [3.8, 4) is 17.6 Å². The Bertz CT molecular complexity index is 775. The predicted octanol–water partition coefficient (Wildman–Crippen LogP) is 1.33. The van der Waals surface area contributed by atoms with Gasteiger partial charge in [-0.25, -0.2) is 0 Å². The van der Waals surface area contributed by atoms with Crippen LogP contribution in [0.15, 0.2) is 48.8 Å². The molecule has 2 aromatic rings. The Morgan fingerprint density at radius 1 is 1.20 bits per heavy atom. The highest BCUT2D eigenvalue weighted by molar-refractivity contribution is 5.93. The second kappa shape index (κ2) is 9.08. The van der Waals surface area contributed by atoms with Crippen LogP contribution in [0.1, 0.15) is 15.9 Å². The first-order valence-electron chi connectivity index (χ1n) is 7.66. The second-order valence-electron chi connectivity index (χ2n) is 5.33.